The Hall–Kier alpha value is -2.96. The highest BCUT2D eigenvalue weighted by Gasteiger charge is 2.30. The summed E-state index contributed by atoms with van der Waals surface area (Å²) < 4.78 is 32.3. The number of ether oxygens (including phenoxy) is 1. The lowest BCUT2D eigenvalue weighted by molar-refractivity contribution is 0.0878. The number of halogens is 2. The summed E-state index contributed by atoms with van der Waals surface area (Å²) in [5.74, 6) is -0.550. The minimum absolute atomic E-state index is 0.0175. The number of likely N-dealkylation sites (tertiary alicyclic amines) is 1. The molecule has 0 spiro atoms. The van der Waals surface area contributed by atoms with Crippen LogP contribution in [0.3, 0.4) is 0 Å². The monoisotopic (exact) mass is 444 g/mol. The number of nitrogens with zero attached hydrogens (tertiary/aromatic N) is 1. The number of hydrogen-bond acceptors (Lipinski definition) is 3. The van der Waals surface area contributed by atoms with Crippen molar-refractivity contribution in [1.29, 1.82) is 0 Å². The first kappa shape index (κ1) is 23.7. The van der Waals surface area contributed by atoms with Gasteiger partial charge < -0.3 is 15.0 Å². The maximum Gasteiger partial charge on any atom is 0.415 e. The van der Waals surface area contributed by atoms with Crippen molar-refractivity contribution in [3.05, 3.63) is 65.2 Å². The molecule has 2 aromatic rings. The number of rotatable bonds is 7. The number of amides is 2. The Morgan fingerprint density at radius 3 is 2.47 bits per heavy atom. The van der Waals surface area contributed by atoms with Gasteiger partial charge in [0, 0.05) is 30.3 Å². The SMILES string of the molecule is CCCC[C@@H](NC(=O)c1ccc(F)cc1)C1CCN(C(=O)Oc2cccc(F)c2C)CC1. The van der Waals surface area contributed by atoms with Crippen LogP contribution in [-0.4, -0.2) is 36.0 Å². The molecule has 3 rings (SSSR count). The van der Waals surface area contributed by atoms with Crippen molar-refractivity contribution >= 4 is 12.0 Å². The number of benzene rings is 2. The van der Waals surface area contributed by atoms with Crippen LogP contribution in [0.4, 0.5) is 13.6 Å². The van der Waals surface area contributed by atoms with Crippen LogP contribution in [0, 0.1) is 24.5 Å². The second-order valence-corrected chi connectivity index (χ2v) is 8.28. The van der Waals surface area contributed by atoms with E-state index in [9.17, 15) is 18.4 Å². The molecule has 0 bridgehead atoms. The fraction of sp³-hybridized carbons (Fsp3) is 0.440. The molecule has 0 saturated carbocycles. The van der Waals surface area contributed by atoms with Crippen LogP contribution >= 0.6 is 0 Å². The fourth-order valence-electron chi connectivity index (χ4n) is 4.04. The molecule has 1 atom stereocenters. The van der Waals surface area contributed by atoms with Crippen LogP contribution < -0.4 is 10.1 Å². The number of carbonyl (C=O) groups is 2. The van der Waals surface area contributed by atoms with Crippen LogP contribution in [0.2, 0.25) is 0 Å². The molecule has 172 valence electrons. The Morgan fingerprint density at radius 2 is 1.81 bits per heavy atom. The molecule has 0 aromatic heterocycles. The third-order valence-corrected chi connectivity index (χ3v) is 6.07. The largest absolute Gasteiger partial charge is 0.415 e. The van der Waals surface area contributed by atoms with E-state index in [1.54, 1.807) is 17.9 Å². The van der Waals surface area contributed by atoms with Gasteiger partial charge in [0.15, 0.2) is 0 Å². The van der Waals surface area contributed by atoms with Crippen molar-refractivity contribution in [2.45, 2.75) is 52.0 Å². The van der Waals surface area contributed by atoms with Crippen molar-refractivity contribution < 1.29 is 23.1 Å². The first-order valence-electron chi connectivity index (χ1n) is 11.2. The molecular weight excluding hydrogens is 414 g/mol. The molecule has 1 heterocycles. The summed E-state index contributed by atoms with van der Waals surface area (Å²) in [4.78, 5) is 26.8. The summed E-state index contributed by atoms with van der Waals surface area (Å²) in [6, 6.07) is 9.92. The zero-order chi connectivity index (χ0) is 23.1. The van der Waals surface area contributed by atoms with Gasteiger partial charge in [0.1, 0.15) is 17.4 Å². The predicted octanol–water partition coefficient (Wildman–Crippen LogP) is 5.47. The van der Waals surface area contributed by atoms with Crippen LogP contribution in [0.25, 0.3) is 0 Å². The van der Waals surface area contributed by atoms with Crippen molar-refractivity contribution in [3.8, 4) is 5.75 Å². The van der Waals surface area contributed by atoms with Crippen LogP contribution in [0.5, 0.6) is 5.75 Å². The van der Waals surface area contributed by atoms with E-state index in [1.807, 2.05) is 0 Å². The molecule has 1 aliphatic heterocycles. The van der Waals surface area contributed by atoms with Crippen molar-refractivity contribution in [2.24, 2.45) is 5.92 Å². The molecule has 2 aromatic carbocycles. The minimum atomic E-state index is -0.488. The molecular formula is C25H30F2N2O3. The third-order valence-electron chi connectivity index (χ3n) is 6.07. The first-order valence-corrected chi connectivity index (χ1v) is 11.2. The summed E-state index contributed by atoms with van der Waals surface area (Å²) >= 11 is 0. The Labute approximate surface area is 187 Å². The van der Waals surface area contributed by atoms with Gasteiger partial charge in [-0.15, -0.1) is 0 Å². The number of nitrogens with one attached hydrogen (secondary N) is 1. The Kier molecular flexibility index (Phi) is 8.20. The van der Waals surface area contributed by atoms with Gasteiger partial charge in [-0.25, -0.2) is 13.6 Å². The second-order valence-electron chi connectivity index (χ2n) is 8.28. The van der Waals surface area contributed by atoms with Gasteiger partial charge in [-0.1, -0.05) is 25.8 Å². The van der Waals surface area contributed by atoms with E-state index in [0.717, 1.165) is 32.1 Å². The summed E-state index contributed by atoms with van der Waals surface area (Å²) in [5, 5.41) is 3.12. The minimum Gasteiger partial charge on any atom is -0.410 e. The Bertz CT molecular complexity index is 925. The van der Waals surface area contributed by atoms with Gasteiger partial charge in [-0.2, -0.15) is 0 Å². The topological polar surface area (TPSA) is 58.6 Å². The molecule has 5 nitrogen and oxygen atoms in total. The Balaban J connectivity index is 1.58. The zero-order valence-electron chi connectivity index (χ0n) is 18.6. The van der Waals surface area contributed by atoms with Crippen molar-refractivity contribution in [3.63, 3.8) is 0 Å². The summed E-state index contributed by atoms with van der Waals surface area (Å²) in [6.45, 7) is 4.69. The fourth-order valence-corrected chi connectivity index (χ4v) is 4.04. The van der Waals surface area contributed by atoms with Gasteiger partial charge in [0.2, 0.25) is 0 Å². The van der Waals surface area contributed by atoms with Gasteiger partial charge in [0.25, 0.3) is 5.91 Å². The van der Waals surface area contributed by atoms with Crippen LogP contribution in [0.15, 0.2) is 42.5 Å². The van der Waals surface area contributed by atoms with Gasteiger partial charge in [-0.3, -0.25) is 4.79 Å². The number of carbonyl (C=O) groups excluding carboxylic acids is 2. The molecule has 0 radical (unpaired) electrons. The number of hydrogen-bond donors (Lipinski definition) is 1. The molecule has 2 amide bonds. The highest BCUT2D eigenvalue weighted by molar-refractivity contribution is 5.94. The van der Waals surface area contributed by atoms with Crippen molar-refractivity contribution in [2.75, 3.05) is 13.1 Å². The van der Waals surface area contributed by atoms with Gasteiger partial charge >= 0.3 is 6.09 Å². The standard InChI is InChI=1S/C25H30F2N2O3/c1-3-4-7-22(28-24(30)19-9-11-20(26)12-10-19)18-13-15-29(16-14-18)25(31)32-23-8-5-6-21(27)17(23)2/h5-6,8-12,18,22H,3-4,7,13-16H2,1-2H3,(H,28,30)/t22-/m1/s1. The maximum absolute atomic E-state index is 13.7. The zero-order valence-corrected chi connectivity index (χ0v) is 18.6. The van der Waals surface area contributed by atoms with E-state index in [1.165, 1.54) is 36.4 Å². The molecule has 1 N–H and O–H groups in total. The third kappa shape index (κ3) is 6.05. The summed E-state index contributed by atoms with van der Waals surface area (Å²) in [7, 11) is 0. The molecule has 0 unspecified atom stereocenters. The summed E-state index contributed by atoms with van der Waals surface area (Å²) in [6.07, 6.45) is 3.82. The quantitative estimate of drug-likeness (QED) is 0.616. The van der Waals surface area contributed by atoms with Gasteiger partial charge in [-0.05, 0) is 68.5 Å². The molecule has 1 saturated heterocycles. The van der Waals surface area contributed by atoms with E-state index >= 15 is 0 Å². The lowest BCUT2D eigenvalue weighted by Crippen LogP contribution is -2.47. The lowest BCUT2D eigenvalue weighted by Gasteiger charge is -2.36. The normalized spacial score (nSPS) is 15.3. The van der Waals surface area contributed by atoms with Gasteiger partial charge in [0.05, 0.1) is 0 Å². The number of unbranched alkanes of at least 4 members (excludes halogenated alkanes) is 1. The maximum atomic E-state index is 13.7. The molecule has 7 heteroatoms. The highest BCUT2D eigenvalue weighted by atomic mass is 19.1. The summed E-state index contributed by atoms with van der Waals surface area (Å²) in [5.41, 5.74) is 0.734. The van der Waals surface area contributed by atoms with E-state index in [-0.39, 0.29) is 29.4 Å². The van der Waals surface area contributed by atoms with E-state index < -0.39 is 11.9 Å². The average Bonchev–Trinajstić information content (AvgIpc) is 2.80. The average molecular weight is 445 g/mol. The molecule has 0 aliphatic carbocycles. The number of piperidine rings is 1. The Morgan fingerprint density at radius 1 is 1.12 bits per heavy atom. The predicted molar refractivity (Wildman–Crippen MR) is 119 cm³/mol. The van der Waals surface area contributed by atoms with Crippen LogP contribution in [0.1, 0.15) is 54.9 Å². The van der Waals surface area contributed by atoms with Crippen LogP contribution in [-0.2, 0) is 0 Å². The van der Waals surface area contributed by atoms with E-state index in [0.29, 0.717) is 24.2 Å². The van der Waals surface area contributed by atoms with E-state index in [4.69, 9.17) is 4.74 Å². The second kappa shape index (κ2) is 11.1. The van der Waals surface area contributed by atoms with Crippen molar-refractivity contribution in [1.82, 2.24) is 10.2 Å². The molecule has 1 aliphatic rings. The first-order chi connectivity index (χ1) is 15.4. The lowest BCUT2D eigenvalue weighted by atomic mass is 9.86. The van der Waals surface area contributed by atoms with E-state index in [2.05, 4.69) is 12.2 Å². The highest BCUT2D eigenvalue weighted by Crippen LogP contribution is 2.26. The smallest absolute Gasteiger partial charge is 0.410 e. The molecule has 32 heavy (non-hydrogen) atoms. The molecule has 1 fully saturated rings.